The van der Waals surface area contributed by atoms with Crippen molar-refractivity contribution < 1.29 is 13.9 Å². The Morgan fingerprint density at radius 2 is 2.21 bits per heavy atom. The molecule has 1 saturated heterocycles. The van der Waals surface area contributed by atoms with Crippen LogP contribution in [0.4, 0.5) is 10.1 Å². The smallest absolute Gasteiger partial charge is 0.227 e. The number of amides is 1. The highest BCUT2D eigenvalue weighted by atomic mass is 35.5. The summed E-state index contributed by atoms with van der Waals surface area (Å²) < 4.78 is 18.5. The standard InChI is InChI=1S/C13H17FN2O2.ClH/c1-8(9-6-15-7-9)13(17)16-12-5-10(18-2)3-4-11(12)14;/h3-5,8-9,15H,6-7H2,1-2H3,(H,16,17);1H. The Morgan fingerprint density at radius 1 is 1.53 bits per heavy atom. The number of methoxy groups -OCH3 is 1. The fraction of sp³-hybridized carbons (Fsp3) is 0.462. The van der Waals surface area contributed by atoms with Crippen LogP contribution in [-0.4, -0.2) is 26.1 Å². The van der Waals surface area contributed by atoms with Crippen LogP contribution >= 0.6 is 12.4 Å². The molecule has 0 saturated carbocycles. The summed E-state index contributed by atoms with van der Waals surface area (Å²) in [6.45, 7) is 3.54. The lowest BCUT2D eigenvalue weighted by atomic mass is 9.88. The quantitative estimate of drug-likeness (QED) is 0.891. The molecule has 19 heavy (non-hydrogen) atoms. The second-order valence-electron chi connectivity index (χ2n) is 4.54. The van der Waals surface area contributed by atoms with Crippen LogP contribution in [0.5, 0.6) is 5.75 Å². The van der Waals surface area contributed by atoms with Crippen LogP contribution in [0.3, 0.4) is 0 Å². The van der Waals surface area contributed by atoms with E-state index >= 15 is 0 Å². The molecule has 1 fully saturated rings. The molecule has 0 bridgehead atoms. The number of carbonyl (C=O) groups is 1. The summed E-state index contributed by atoms with van der Waals surface area (Å²) >= 11 is 0. The Morgan fingerprint density at radius 3 is 2.74 bits per heavy atom. The highest BCUT2D eigenvalue weighted by molar-refractivity contribution is 5.92. The summed E-state index contributed by atoms with van der Waals surface area (Å²) in [5, 5.41) is 5.73. The zero-order valence-electron chi connectivity index (χ0n) is 10.9. The Hall–Kier alpha value is -1.33. The summed E-state index contributed by atoms with van der Waals surface area (Å²) in [7, 11) is 1.50. The molecular formula is C13H18ClFN2O2. The molecule has 1 aromatic carbocycles. The van der Waals surface area contributed by atoms with Gasteiger partial charge in [0.15, 0.2) is 0 Å². The number of benzene rings is 1. The molecule has 0 radical (unpaired) electrons. The second kappa shape index (κ2) is 6.73. The first-order valence-corrected chi connectivity index (χ1v) is 5.97. The van der Waals surface area contributed by atoms with E-state index in [1.165, 1.54) is 25.3 Å². The maximum atomic E-state index is 13.5. The van der Waals surface area contributed by atoms with Crippen molar-refractivity contribution in [2.45, 2.75) is 6.92 Å². The predicted molar refractivity (Wildman–Crippen MR) is 74.4 cm³/mol. The third kappa shape index (κ3) is 3.58. The summed E-state index contributed by atoms with van der Waals surface area (Å²) in [5.41, 5.74) is 0.165. The minimum absolute atomic E-state index is 0. The number of hydrogen-bond donors (Lipinski definition) is 2. The molecule has 1 aromatic rings. The van der Waals surface area contributed by atoms with Crippen molar-refractivity contribution in [1.82, 2.24) is 5.32 Å². The van der Waals surface area contributed by atoms with Crippen molar-refractivity contribution in [2.24, 2.45) is 11.8 Å². The van der Waals surface area contributed by atoms with Crippen LogP contribution in [0, 0.1) is 17.7 Å². The van der Waals surface area contributed by atoms with Gasteiger partial charge in [-0.2, -0.15) is 0 Å². The topological polar surface area (TPSA) is 50.4 Å². The number of halogens is 2. The van der Waals surface area contributed by atoms with E-state index in [2.05, 4.69) is 10.6 Å². The number of carbonyl (C=O) groups excluding carboxylic acids is 1. The Balaban J connectivity index is 0.00000180. The molecule has 1 atom stereocenters. The number of anilines is 1. The normalized spacial score (nSPS) is 15.9. The van der Waals surface area contributed by atoms with Gasteiger partial charge in [-0.05, 0) is 31.1 Å². The van der Waals surface area contributed by atoms with Crippen LogP contribution < -0.4 is 15.4 Å². The van der Waals surface area contributed by atoms with E-state index in [0.29, 0.717) is 11.7 Å². The second-order valence-corrected chi connectivity index (χ2v) is 4.54. The van der Waals surface area contributed by atoms with Gasteiger partial charge in [0.25, 0.3) is 0 Å². The van der Waals surface area contributed by atoms with Crippen molar-refractivity contribution >= 4 is 24.0 Å². The molecule has 1 aliphatic heterocycles. The minimum atomic E-state index is -0.455. The minimum Gasteiger partial charge on any atom is -0.497 e. The summed E-state index contributed by atoms with van der Waals surface area (Å²) in [4.78, 5) is 12.0. The monoisotopic (exact) mass is 288 g/mol. The molecule has 0 aliphatic carbocycles. The number of hydrogen-bond acceptors (Lipinski definition) is 3. The Labute approximate surface area is 118 Å². The van der Waals surface area contributed by atoms with Gasteiger partial charge in [0.1, 0.15) is 11.6 Å². The van der Waals surface area contributed by atoms with Gasteiger partial charge in [0.2, 0.25) is 5.91 Å². The van der Waals surface area contributed by atoms with Crippen molar-refractivity contribution in [3.05, 3.63) is 24.0 Å². The molecule has 4 nitrogen and oxygen atoms in total. The molecule has 2 rings (SSSR count). The van der Waals surface area contributed by atoms with Crippen LogP contribution in [0.25, 0.3) is 0 Å². The van der Waals surface area contributed by atoms with Gasteiger partial charge < -0.3 is 15.4 Å². The zero-order valence-corrected chi connectivity index (χ0v) is 11.7. The molecule has 1 unspecified atom stereocenters. The lowest BCUT2D eigenvalue weighted by Crippen LogP contribution is -2.48. The van der Waals surface area contributed by atoms with Gasteiger partial charge in [0, 0.05) is 12.0 Å². The van der Waals surface area contributed by atoms with Crippen molar-refractivity contribution in [1.29, 1.82) is 0 Å². The molecule has 1 heterocycles. The first-order chi connectivity index (χ1) is 8.61. The molecule has 1 aliphatic rings. The fourth-order valence-electron chi connectivity index (χ4n) is 1.85. The van der Waals surface area contributed by atoms with E-state index in [1.807, 2.05) is 6.92 Å². The SMILES string of the molecule is COc1ccc(F)c(NC(=O)C(C)C2CNC2)c1.Cl. The fourth-order valence-corrected chi connectivity index (χ4v) is 1.85. The molecule has 0 aromatic heterocycles. The van der Waals surface area contributed by atoms with Gasteiger partial charge in [-0.25, -0.2) is 4.39 Å². The van der Waals surface area contributed by atoms with E-state index in [0.717, 1.165) is 13.1 Å². The zero-order chi connectivity index (χ0) is 13.1. The highest BCUT2D eigenvalue weighted by Crippen LogP contribution is 2.23. The van der Waals surface area contributed by atoms with Crippen molar-refractivity contribution in [3.63, 3.8) is 0 Å². The number of rotatable bonds is 4. The number of nitrogens with one attached hydrogen (secondary N) is 2. The first-order valence-electron chi connectivity index (χ1n) is 5.97. The average Bonchev–Trinajstić information content (AvgIpc) is 2.29. The lowest BCUT2D eigenvalue weighted by molar-refractivity contribution is -0.121. The number of ether oxygens (including phenoxy) is 1. The summed E-state index contributed by atoms with van der Waals surface area (Å²) in [5.74, 6) is 0.108. The summed E-state index contributed by atoms with van der Waals surface area (Å²) in [6, 6.07) is 4.28. The van der Waals surface area contributed by atoms with Crippen LogP contribution in [0.15, 0.2) is 18.2 Å². The molecular weight excluding hydrogens is 271 g/mol. The highest BCUT2D eigenvalue weighted by Gasteiger charge is 2.29. The van der Waals surface area contributed by atoms with Crippen LogP contribution in [-0.2, 0) is 4.79 Å². The maximum absolute atomic E-state index is 13.5. The molecule has 0 spiro atoms. The van der Waals surface area contributed by atoms with Gasteiger partial charge in [-0.1, -0.05) is 6.92 Å². The summed E-state index contributed by atoms with van der Waals surface area (Å²) in [6.07, 6.45) is 0. The van der Waals surface area contributed by atoms with Crippen LogP contribution in [0.2, 0.25) is 0 Å². The van der Waals surface area contributed by atoms with E-state index in [9.17, 15) is 9.18 Å². The van der Waals surface area contributed by atoms with Gasteiger partial charge >= 0.3 is 0 Å². The van der Waals surface area contributed by atoms with Crippen molar-refractivity contribution in [3.8, 4) is 5.75 Å². The van der Waals surface area contributed by atoms with E-state index in [-0.39, 0.29) is 29.9 Å². The van der Waals surface area contributed by atoms with Gasteiger partial charge in [-0.3, -0.25) is 4.79 Å². The van der Waals surface area contributed by atoms with E-state index in [1.54, 1.807) is 0 Å². The predicted octanol–water partition coefficient (Wildman–Crippen LogP) is 2.05. The molecule has 2 N–H and O–H groups in total. The maximum Gasteiger partial charge on any atom is 0.227 e. The molecule has 6 heteroatoms. The average molecular weight is 289 g/mol. The largest absolute Gasteiger partial charge is 0.497 e. The first kappa shape index (κ1) is 15.7. The van der Waals surface area contributed by atoms with E-state index in [4.69, 9.17) is 4.74 Å². The third-order valence-corrected chi connectivity index (χ3v) is 3.37. The van der Waals surface area contributed by atoms with Crippen molar-refractivity contribution in [2.75, 3.05) is 25.5 Å². The third-order valence-electron chi connectivity index (χ3n) is 3.37. The Kier molecular flexibility index (Phi) is 5.57. The molecule has 106 valence electrons. The molecule has 1 amide bonds. The van der Waals surface area contributed by atoms with Crippen LogP contribution in [0.1, 0.15) is 6.92 Å². The van der Waals surface area contributed by atoms with Gasteiger partial charge in [-0.15, -0.1) is 12.4 Å². The Bertz CT molecular complexity index is 452. The van der Waals surface area contributed by atoms with E-state index < -0.39 is 5.82 Å². The lowest BCUT2D eigenvalue weighted by Gasteiger charge is -2.31. The van der Waals surface area contributed by atoms with Gasteiger partial charge in [0.05, 0.1) is 12.8 Å².